The Morgan fingerprint density at radius 1 is 1.20 bits per heavy atom. The molecule has 1 aromatic heterocycles. The van der Waals surface area contributed by atoms with Crippen LogP contribution in [-0.4, -0.2) is 35.1 Å². The van der Waals surface area contributed by atoms with E-state index in [1.165, 1.54) is 4.90 Å². The summed E-state index contributed by atoms with van der Waals surface area (Å²) in [5, 5.41) is 4.36. The van der Waals surface area contributed by atoms with Gasteiger partial charge in [0.1, 0.15) is 5.75 Å². The molecule has 25 heavy (non-hydrogen) atoms. The van der Waals surface area contributed by atoms with Crippen LogP contribution in [0.2, 0.25) is 5.02 Å². The number of amides is 1. The summed E-state index contributed by atoms with van der Waals surface area (Å²) in [5.74, 6) is 1.33. The van der Waals surface area contributed by atoms with E-state index in [0.29, 0.717) is 22.3 Å². The minimum Gasteiger partial charge on any atom is -0.497 e. The Morgan fingerprint density at radius 3 is 2.60 bits per heavy atom. The molecule has 6 nitrogen and oxygen atoms in total. The van der Waals surface area contributed by atoms with Crippen molar-refractivity contribution in [1.29, 1.82) is 0 Å². The summed E-state index contributed by atoms with van der Waals surface area (Å²) < 4.78 is 10.4. The molecule has 0 atom stereocenters. The molecule has 0 N–H and O–H groups in total. The number of carbonyl (C=O) groups excluding carboxylic acids is 1. The Morgan fingerprint density at radius 2 is 1.92 bits per heavy atom. The van der Waals surface area contributed by atoms with Crippen molar-refractivity contribution in [2.45, 2.75) is 6.54 Å². The Kier molecular flexibility index (Phi) is 5.00. The summed E-state index contributed by atoms with van der Waals surface area (Å²) >= 11 is 6.07. The minimum absolute atomic E-state index is 0.188. The molecule has 128 valence electrons. The van der Waals surface area contributed by atoms with Gasteiger partial charge in [-0.05, 0) is 36.4 Å². The quantitative estimate of drug-likeness (QED) is 0.696. The van der Waals surface area contributed by atoms with Crippen molar-refractivity contribution in [2.75, 3.05) is 14.2 Å². The molecule has 0 bridgehead atoms. The first kappa shape index (κ1) is 17.0. The first-order chi connectivity index (χ1) is 12.1. The second kappa shape index (κ2) is 7.36. The van der Waals surface area contributed by atoms with Crippen LogP contribution in [-0.2, 0) is 6.54 Å². The van der Waals surface area contributed by atoms with E-state index < -0.39 is 0 Å². The van der Waals surface area contributed by atoms with Crippen LogP contribution in [0, 0.1) is 0 Å². The molecule has 1 amide bonds. The molecule has 0 saturated carbocycles. The van der Waals surface area contributed by atoms with Crippen LogP contribution in [0.4, 0.5) is 0 Å². The van der Waals surface area contributed by atoms with Crippen LogP contribution in [0.3, 0.4) is 0 Å². The average Bonchev–Trinajstić information content (AvgIpc) is 3.10. The lowest BCUT2D eigenvalue weighted by molar-refractivity contribution is 0.0769. The molecule has 0 aliphatic carbocycles. The van der Waals surface area contributed by atoms with E-state index in [1.54, 1.807) is 38.4 Å². The normalized spacial score (nSPS) is 10.5. The van der Waals surface area contributed by atoms with Gasteiger partial charge in [-0.3, -0.25) is 4.79 Å². The van der Waals surface area contributed by atoms with Crippen molar-refractivity contribution >= 4 is 17.5 Å². The van der Waals surface area contributed by atoms with Gasteiger partial charge in [0.2, 0.25) is 11.7 Å². The number of hydrogen-bond donors (Lipinski definition) is 0. The maximum atomic E-state index is 12.5. The number of hydrogen-bond acceptors (Lipinski definition) is 5. The number of carbonyl (C=O) groups is 1. The predicted molar refractivity (Wildman–Crippen MR) is 93.5 cm³/mol. The fourth-order valence-corrected chi connectivity index (χ4v) is 2.51. The largest absolute Gasteiger partial charge is 0.497 e. The monoisotopic (exact) mass is 357 g/mol. The lowest BCUT2D eigenvalue weighted by Gasteiger charge is -2.15. The highest BCUT2D eigenvalue weighted by Gasteiger charge is 2.18. The first-order valence-corrected chi connectivity index (χ1v) is 7.93. The van der Waals surface area contributed by atoms with Crippen molar-refractivity contribution in [3.8, 4) is 17.1 Å². The summed E-state index contributed by atoms with van der Waals surface area (Å²) in [6, 6.07) is 14.2. The molecular formula is C18H16ClN3O3. The van der Waals surface area contributed by atoms with Crippen LogP contribution in [0.25, 0.3) is 11.4 Å². The standard InChI is InChI=1S/C18H16ClN3O3/c1-22(18(23)14-5-3-4-6-15(14)19)11-16-20-17(21-25-16)12-7-9-13(24-2)10-8-12/h3-10H,11H2,1-2H3. The van der Waals surface area contributed by atoms with E-state index in [9.17, 15) is 4.79 Å². The van der Waals surface area contributed by atoms with E-state index in [2.05, 4.69) is 10.1 Å². The highest BCUT2D eigenvalue weighted by atomic mass is 35.5. The molecule has 0 saturated heterocycles. The summed E-state index contributed by atoms with van der Waals surface area (Å²) in [6.45, 7) is 0.188. The molecule has 1 heterocycles. The van der Waals surface area contributed by atoms with Crippen LogP contribution in [0.15, 0.2) is 53.1 Å². The summed E-state index contributed by atoms with van der Waals surface area (Å²) in [5.41, 5.74) is 1.23. The van der Waals surface area contributed by atoms with E-state index in [4.69, 9.17) is 20.9 Å². The lowest BCUT2D eigenvalue weighted by atomic mass is 10.2. The number of ether oxygens (including phenoxy) is 1. The third-order valence-corrected chi connectivity index (χ3v) is 3.97. The molecule has 0 aliphatic heterocycles. The van der Waals surface area contributed by atoms with Crippen molar-refractivity contribution in [1.82, 2.24) is 15.0 Å². The van der Waals surface area contributed by atoms with Gasteiger partial charge in [-0.15, -0.1) is 0 Å². The molecule has 0 radical (unpaired) electrons. The number of aromatic nitrogens is 2. The smallest absolute Gasteiger partial charge is 0.255 e. The highest BCUT2D eigenvalue weighted by Crippen LogP contribution is 2.21. The van der Waals surface area contributed by atoms with Gasteiger partial charge in [0.05, 0.1) is 24.2 Å². The molecule has 7 heteroatoms. The van der Waals surface area contributed by atoms with Crippen LogP contribution >= 0.6 is 11.6 Å². The zero-order chi connectivity index (χ0) is 17.8. The summed E-state index contributed by atoms with van der Waals surface area (Å²) in [4.78, 5) is 18.3. The van der Waals surface area contributed by atoms with Gasteiger partial charge in [0, 0.05) is 12.6 Å². The minimum atomic E-state index is -0.213. The van der Waals surface area contributed by atoms with E-state index in [1.807, 2.05) is 24.3 Å². The second-order valence-corrected chi connectivity index (χ2v) is 5.79. The molecule has 0 unspecified atom stereocenters. The third-order valence-electron chi connectivity index (χ3n) is 3.64. The zero-order valence-electron chi connectivity index (χ0n) is 13.8. The number of rotatable bonds is 5. The SMILES string of the molecule is COc1ccc(-c2noc(CN(C)C(=O)c3ccccc3Cl)n2)cc1. The maximum Gasteiger partial charge on any atom is 0.255 e. The van der Waals surface area contributed by atoms with Crippen LogP contribution < -0.4 is 4.74 Å². The Labute approximate surface area is 150 Å². The average molecular weight is 358 g/mol. The summed E-state index contributed by atoms with van der Waals surface area (Å²) in [6.07, 6.45) is 0. The molecule has 0 fully saturated rings. The van der Waals surface area contributed by atoms with Gasteiger partial charge in [0.25, 0.3) is 5.91 Å². The Bertz CT molecular complexity index is 877. The molecule has 2 aromatic carbocycles. The molecular weight excluding hydrogens is 342 g/mol. The maximum absolute atomic E-state index is 12.5. The molecule has 0 aliphatic rings. The van der Waals surface area contributed by atoms with Gasteiger partial charge < -0.3 is 14.2 Å². The van der Waals surface area contributed by atoms with Crippen molar-refractivity contribution < 1.29 is 14.1 Å². The number of methoxy groups -OCH3 is 1. The number of benzene rings is 2. The first-order valence-electron chi connectivity index (χ1n) is 7.55. The van der Waals surface area contributed by atoms with E-state index >= 15 is 0 Å². The van der Waals surface area contributed by atoms with Gasteiger partial charge in [-0.2, -0.15) is 4.98 Å². The Balaban J connectivity index is 1.72. The molecule has 0 spiro atoms. The van der Waals surface area contributed by atoms with Crippen molar-refractivity contribution in [3.63, 3.8) is 0 Å². The second-order valence-electron chi connectivity index (χ2n) is 5.38. The van der Waals surface area contributed by atoms with Gasteiger partial charge in [-0.1, -0.05) is 28.9 Å². The highest BCUT2D eigenvalue weighted by molar-refractivity contribution is 6.33. The molecule has 3 rings (SSSR count). The van der Waals surface area contributed by atoms with Crippen LogP contribution in [0.1, 0.15) is 16.2 Å². The third kappa shape index (κ3) is 3.80. The summed E-state index contributed by atoms with van der Waals surface area (Å²) in [7, 11) is 3.26. The zero-order valence-corrected chi connectivity index (χ0v) is 14.5. The number of halogens is 1. The predicted octanol–water partition coefficient (Wildman–Crippen LogP) is 3.67. The van der Waals surface area contributed by atoms with Gasteiger partial charge in [-0.25, -0.2) is 0 Å². The fraction of sp³-hybridized carbons (Fsp3) is 0.167. The Hall–Kier alpha value is -2.86. The van der Waals surface area contributed by atoms with E-state index in [0.717, 1.165) is 11.3 Å². The van der Waals surface area contributed by atoms with Crippen LogP contribution in [0.5, 0.6) is 5.75 Å². The number of nitrogens with zero attached hydrogens (tertiary/aromatic N) is 3. The lowest BCUT2D eigenvalue weighted by Crippen LogP contribution is -2.26. The topological polar surface area (TPSA) is 68.5 Å². The van der Waals surface area contributed by atoms with Gasteiger partial charge >= 0.3 is 0 Å². The fourth-order valence-electron chi connectivity index (χ4n) is 2.29. The van der Waals surface area contributed by atoms with Crippen molar-refractivity contribution in [2.24, 2.45) is 0 Å². The molecule has 3 aromatic rings. The van der Waals surface area contributed by atoms with Gasteiger partial charge in [0.15, 0.2) is 0 Å². The van der Waals surface area contributed by atoms with E-state index in [-0.39, 0.29) is 12.5 Å². The van der Waals surface area contributed by atoms with Crippen molar-refractivity contribution in [3.05, 3.63) is 65.0 Å².